The molecule has 1 heterocycles. The van der Waals surface area contributed by atoms with Crippen LogP contribution < -0.4 is 10.6 Å². The van der Waals surface area contributed by atoms with Gasteiger partial charge in [0.15, 0.2) is 0 Å². The van der Waals surface area contributed by atoms with E-state index in [0.717, 1.165) is 19.3 Å². The minimum absolute atomic E-state index is 0.0141. The third kappa shape index (κ3) is 4.10. The zero-order valence-corrected chi connectivity index (χ0v) is 12.1. The van der Waals surface area contributed by atoms with Crippen molar-refractivity contribution < 1.29 is 19.4 Å². The number of carbonyl (C=O) groups is 2. The van der Waals surface area contributed by atoms with E-state index in [9.17, 15) is 9.59 Å². The average molecular weight is 284 g/mol. The normalized spacial score (nSPS) is 32.0. The van der Waals surface area contributed by atoms with Gasteiger partial charge in [-0.2, -0.15) is 0 Å². The standard InChI is InChI=1S/C14H24N2O4/c1-14(2)5-3-4-11(20-14)8-15-13(19)16-10-6-9(7-10)12(17)18/h9-11H,3-8H2,1-2H3,(H,17,18)(H2,15,16,19). The van der Waals surface area contributed by atoms with Gasteiger partial charge in [0.1, 0.15) is 0 Å². The SMILES string of the molecule is CC1(C)CCCC(CNC(=O)NC2CC(C(=O)O)C2)O1. The van der Waals surface area contributed by atoms with Crippen molar-refractivity contribution in [2.45, 2.75) is 63.7 Å². The van der Waals surface area contributed by atoms with E-state index in [0.29, 0.717) is 19.4 Å². The Morgan fingerprint density at radius 3 is 2.65 bits per heavy atom. The molecule has 0 bridgehead atoms. The van der Waals surface area contributed by atoms with Gasteiger partial charge in [-0.3, -0.25) is 4.79 Å². The molecule has 2 fully saturated rings. The van der Waals surface area contributed by atoms with Crippen molar-refractivity contribution in [3.63, 3.8) is 0 Å². The van der Waals surface area contributed by atoms with Gasteiger partial charge in [-0.25, -0.2) is 4.79 Å². The van der Waals surface area contributed by atoms with Gasteiger partial charge in [0.05, 0.1) is 17.6 Å². The largest absolute Gasteiger partial charge is 0.481 e. The minimum atomic E-state index is -0.777. The summed E-state index contributed by atoms with van der Waals surface area (Å²) in [5, 5.41) is 14.4. The average Bonchev–Trinajstić information content (AvgIpc) is 2.29. The van der Waals surface area contributed by atoms with Crippen LogP contribution >= 0.6 is 0 Å². The molecule has 1 aliphatic heterocycles. The molecule has 2 amide bonds. The highest BCUT2D eigenvalue weighted by Gasteiger charge is 2.35. The van der Waals surface area contributed by atoms with Crippen LogP contribution in [0.1, 0.15) is 46.0 Å². The number of aliphatic carboxylic acids is 1. The summed E-state index contributed by atoms with van der Waals surface area (Å²) in [6.45, 7) is 4.64. The highest BCUT2D eigenvalue weighted by Crippen LogP contribution is 2.28. The van der Waals surface area contributed by atoms with E-state index >= 15 is 0 Å². The minimum Gasteiger partial charge on any atom is -0.481 e. The molecular weight excluding hydrogens is 260 g/mol. The molecule has 1 saturated carbocycles. The third-order valence-corrected chi connectivity index (χ3v) is 4.10. The lowest BCUT2D eigenvalue weighted by Gasteiger charge is -2.36. The Hall–Kier alpha value is -1.30. The van der Waals surface area contributed by atoms with Gasteiger partial charge in [-0.1, -0.05) is 0 Å². The number of urea groups is 1. The number of carboxylic acid groups (broad SMARTS) is 1. The Morgan fingerprint density at radius 2 is 2.05 bits per heavy atom. The van der Waals surface area contributed by atoms with E-state index in [1.807, 2.05) is 0 Å². The Kier molecular flexibility index (Phi) is 4.52. The van der Waals surface area contributed by atoms with Gasteiger partial charge in [0.2, 0.25) is 0 Å². The van der Waals surface area contributed by atoms with Crippen molar-refractivity contribution in [1.29, 1.82) is 0 Å². The molecule has 0 spiro atoms. The molecule has 1 aliphatic carbocycles. The van der Waals surface area contributed by atoms with Crippen LogP contribution in [0.5, 0.6) is 0 Å². The van der Waals surface area contributed by atoms with E-state index in [2.05, 4.69) is 24.5 Å². The van der Waals surface area contributed by atoms with Crippen LogP contribution in [0, 0.1) is 5.92 Å². The van der Waals surface area contributed by atoms with E-state index in [-0.39, 0.29) is 29.7 Å². The molecule has 1 saturated heterocycles. The van der Waals surface area contributed by atoms with Crippen LogP contribution in [-0.2, 0) is 9.53 Å². The van der Waals surface area contributed by atoms with Crippen molar-refractivity contribution in [3.05, 3.63) is 0 Å². The first-order valence-corrected chi connectivity index (χ1v) is 7.31. The van der Waals surface area contributed by atoms with E-state index in [4.69, 9.17) is 9.84 Å². The van der Waals surface area contributed by atoms with Gasteiger partial charge >= 0.3 is 12.0 Å². The molecular formula is C14H24N2O4. The quantitative estimate of drug-likeness (QED) is 0.730. The van der Waals surface area contributed by atoms with Gasteiger partial charge in [-0.15, -0.1) is 0 Å². The lowest BCUT2D eigenvalue weighted by Crippen LogP contribution is -2.51. The summed E-state index contributed by atoms with van der Waals surface area (Å²) < 4.78 is 5.90. The number of hydrogen-bond acceptors (Lipinski definition) is 3. The topological polar surface area (TPSA) is 87.7 Å². The number of carbonyl (C=O) groups excluding carboxylic acids is 1. The lowest BCUT2D eigenvalue weighted by molar-refractivity contribution is -0.145. The number of hydrogen-bond donors (Lipinski definition) is 3. The monoisotopic (exact) mass is 284 g/mol. The second-order valence-electron chi connectivity index (χ2n) is 6.45. The van der Waals surface area contributed by atoms with Crippen LogP contribution in [-0.4, -0.2) is 41.4 Å². The highest BCUT2D eigenvalue weighted by atomic mass is 16.5. The molecule has 2 rings (SSSR count). The highest BCUT2D eigenvalue weighted by molar-refractivity contribution is 5.76. The van der Waals surface area contributed by atoms with Gasteiger partial charge in [-0.05, 0) is 46.0 Å². The fourth-order valence-corrected chi connectivity index (χ4v) is 2.85. The molecule has 6 heteroatoms. The van der Waals surface area contributed by atoms with Gasteiger partial charge in [0, 0.05) is 12.6 Å². The Bertz CT molecular complexity index is 377. The molecule has 2 aliphatic rings. The molecule has 6 nitrogen and oxygen atoms in total. The first kappa shape index (κ1) is 15.1. The van der Waals surface area contributed by atoms with Crippen LogP contribution in [0.4, 0.5) is 4.79 Å². The number of ether oxygens (including phenoxy) is 1. The third-order valence-electron chi connectivity index (χ3n) is 4.10. The maximum Gasteiger partial charge on any atom is 0.315 e. The fraction of sp³-hybridized carbons (Fsp3) is 0.857. The molecule has 0 aromatic heterocycles. The van der Waals surface area contributed by atoms with Crippen molar-refractivity contribution in [2.75, 3.05) is 6.54 Å². The van der Waals surface area contributed by atoms with E-state index in [1.54, 1.807) is 0 Å². The van der Waals surface area contributed by atoms with E-state index < -0.39 is 5.97 Å². The molecule has 0 aromatic rings. The van der Waals surface area contributed by atoms with Crippen molar-refractivity contribution in [3.8, 4) is 0 Å². The summed E-state index contributed by atoms with van der Waals surface area (Å²) in [5.41, 5.74) is -0.107. The summed E-state index contributed by atoms with van der Waals surface area (Å²) in [7, 11) is 0. The number of nitrogens with one attached hydrogen (secondary N) is 2. The van der Waals surface area contributed by atoms with Crippen LogP contribution in [0.15, 0.2) is 0 Å². The van der Waals surface area contributed by atoms with Gasteiger partial charge in [0.25, 0.3) is 0 Å². The molecule has 20 heavy (non-hydrogen) atoms. The molecule has 0 aromatic carbocycles. The summed E-state index contributed by atoms with van der Waals surface area (Å²) in [5.74, 6) is -1.08. The zero-order chi connectivity index (χ0) is 14.8. The number of carboxylic acids is 1. The summed E-state index contributed by atoms with van der Waals surface area (Å²) >= 11 is 0. The Balaban J connectivity index is 1.62. The smallest absolute Gasteiger partial charge is 0.315 e. The predicted octanol–water partition coefficient (Wildman–Crippen LogP) is 1.50. The molecule has 1 atom stereocenters. The first-order valence-electron chi connectivity index (χ1n) is 7.31. The summed E-state index contributed by atoms with van der Waals surface area (Å²) in [4.78, 5) is 22.4. The van der Waals surface area contributed by atoms with Crippen molar-refractivity contribution in [1.82, 2.24) is 10.6 Å². The lowest BCUT2D eigenvalue weighted by atomic mass is 9.80. The van der Waals surface area contributed by atoms with Crippen LogP contribution in [0.3, 0.4) is 0 Å². The molecule has 3 N–H and O–H groups in total. The summed E-state index contributed by atoms with van der Waals surface area (Å²) in [6.07, 6.45) is 4.25. The number of amides is 2. The number of rotatable bonds is 4. The molecule has 114 valence electrons. The molecule has 0 radical (unpaired) electrons. The maximum atomic E-state index is 11.7. The second kappa shape index (κ2) is 5.99. The summed E-state index contributed by atoms with van der Waals surface area (Å²) in [6, 6.07) is -0.245. The van der Waals surface area contributed by atoms with Gasteiger partial charge < -0.3 is 20.5 Å². The molecule has 1 unspecified atom stereocenters. The first-order chi connectivity index (χ1) is 9.35. The fourth-order valence-electron chi connectivity index (χ4n) is 2.85. The van der Waals surface area contributed by atoms with Crippen LogP contribution in [0.25, 0.3) is 0 Å². The van der Waals surface area contributed by atoms with Crippen LogP contribution in [0.2, 0.25) is 0 Å². The zero-order valence-electron chi connectivity index (χ0n) is 12.1. The Labute approximate surface area is 119 Å². The van der Waals surface area contributed by atoms with Crippen molar-refractivity contribution in [2.24, 2.45) is 5.92 Å². The Morgan fingerprint density at radius 1 is 1.35 bits per heavy atom. The second-order valence-corrected chi connectivity index (χ2v) is 6.45. The van der Waals surface area contributed by atoms with E-state index in [1.165, 1.54) is 0 Å². The van der Waals surface area contributed by atoms with Crippen molar-refractivity contribution >= 4 is 12.0 Å². The predicted molar refractivity (Wildman–Crippen MR) is 73.5 cm³/mol. The maximum absolute atomic E-state index is 11.7.